The average molecular weight is 265 g/mol. The van der Waals surface area contributed by atoms with Crippen molar-refractivity contribution >= 4 is 18.1 Å². The molecule has 0 N–H and O–H groups in total. The number of amides is 1. The quantitative estimate of drug-likeness (QED) is 0.733. The van der Waals surface area contributed by atoms with Crippen LogP contribution in [0, 0.1) is 5.82 Å². The Balaban J connectivity index is 2.30. The highest BCUT2D eigenvalue weighted by Gasteiger charge is 2.31. The van der Waals surface area contributed by atoms with Gasteiger partial charge in [0.1, 0.15) is 11.4 Å². The van der Waals surface area contributed by atoms with E-state index in [1.54, 1.807) is 26.8 Å². The van der Waals surface area contributed by atoms with E-state index in [-0.39, 0.29) is 5.56 Å². The third-order valence-corrected chi connectivity index (χ3v) is 2.87. The summed E-state index contributed by atoms with van der Waals surface area (Å²) in [6.45, 7) is 5.69. The van der Waals surface area contributed by atoms with Crippen LogP contribution in [-0.2, 0) is 11.2 Å². The Bertz CT molecular complexity index is 534. The van der Waals surface area contributed by atoms with Crippen LogP contribution >= 0.6 is 0 Å². The van der Waals surface area contributed by atoms with Crippen LogP contribution in [0.1, 0.15) is 36.7 Å². The molecule has 0 saturated carbocycles. The minimum absolute atomic E-state index is 0.0183. The molecule has 1 aliphatic rings. The molecule has 1 amide bonds. The molecule has 1 aromatic rings. The van der Waals surface area contributed by atoms with E-state index in [1.165, 1.54) is 11.0 Å². The van der Waals surface area contributed by atoms with E-state index in [9.17, 15) is 14.0 Å². The van der Waals surface area contributed by atoms with Gasteiger partial charge >= 0.3 is 6.09 Å². The molecule has 0 fully saturated rings. The molecule has 1 aromatic carbocycles. The number of carbonyl (C=O) groups is 2. The molecule has 0 aliphatic carbocycles. The van der Waals surface area contributed by atoms with Gasteiger partial charge in [0.15, 0.2) is 6.29 Å². The molecule has 0 unspecified atom stereocenters. The van der Waals surface area contributed by atoms with Gasteiger partial charge in [-0.15, -0.1) is 0 Å². The number of rotatable bonds is 1. The van der Waals surface area contributed by atoms with E-state index in [0.717, 1.165) is 0 Å². The summed E-state index contributed by atoms with van der Waals surface area (Å²) in [6, 6.07) is 2.96. The van der Waals surface area contributed by atoms with E-state index in [0.29, 0.717) is 30.5 Å². The van der Waals surface area contributed by atoms with Crippen LogP contribution in [0.5, 0.6) is 0 Å². The van der Waals surface area contributed by atoms with Gasteiger partial charge in [-0.1, -0.05) is 0 Å². The highest BCUT2D eigenvalue weighted by molar-refractivity contribution is 5.91. The first-order valence-corrected chi connectivity index (χ1v) is 6.10. The molecule has 0 radical (unpaired) electrons. The third kappa shape index (κ3) is 2.59. The van der Waals surface area contributed by atoms with Crippen molar-refractivity contribution in [1.82, 2.24) is 0 Å². The van der Waals surface area contributed by atoms with E-state index in [2.05, 4.69) is 0 Å². The smallest absolute Gasteiger partial charge is 0.414 e. The first-order chi connectivity index (χ1) is 8.83. The number of nitrogens with zero attached hydrogens (tertiary/aromatic N) is 1. The van der Waals surface area contributed by atoms with E-state index < -0.39 is 17.5 Å². The standard InChI is InChI=1S/C14H16FNO3/c1-14(2,3)19-13(18)16-7-6-10-11(16)5-4-9(8-17)12(10)15/h4-5,8H,6-7H2,1-3H3. The second-order valence-electron chi connectivity index (χ2n) is 5.47. The molecule has 0 atom stereocenters. The topological polar surface area (TPSA) is 46.6 Å². The van der Waals surface area contributed by atoms with Gasteiger partial charge in [0.2, 0.25) is 0 Å². The number of anilines is 1. The summed E-state index contributed by atoms with van der Waals surface area (Å²) < 4.78 is 19.2. The molecule has 19 heavy (non-hydrogen) atoms. The number of fused-ring (bicyclic) bond motifs is 1. The summed E-state index contributed by atoms with van der Waals surface area (Å²) >= 11 is 0. The zero-order valence-corrected chi connectivity index (χ0v) is 11.2. The molecule has 5 heteroatoms. The lowest BCUT2D eigenvalue weighted by Crippen LogP contribution is -2.35. The largest absolute Gasteiger partial charge is 0.443 e. The van der Waals surface area contributed by atoms with Crippen molar-refractivity contribution in [2.45, 2.75) is 32.8 Å². The van der Waals surface area contributed by atoms with Gasteiger partial charge in [-0.05, 0) is 39.3 Å². The highest BCUT2D eigenvalue weighted by Crippen LogP contribution is 2.32. The predicted octanol–water partition coefficient (Wildman–Crippen LogP) is 2.94. The summed E-state index contributed by atoms with van der Waals surface area (Å²) in [5.74, 6) is -0.543. The fourth-order valence-electron chi connectivity index (χ4n) is 2.06. The molecule has 0 aromatic heterocycles. The number of hydrogen-bond donors (Lipinski definition) is 0. The zero-order chi connectivity index (χ0) is 14.2. The molecular formula is C14H16FNO3. The fraction of sp³-hybridized carbons (Fsp3) is 0.429. The van der Waals surface area contributed by atoms with Crippen LogP contribution in [0.2, 0.25) is 0 Å². The first-order valence-electron chi connectivity index (χ1n) is 6.10. The summed E-state index contributed by atoms with van der Waals surface area (Å²) in [5.41, 5.74) is 0.304. The number of hydrogen-bond acceptors (Lipinski definition) is 3. The van der Waals surface area contributed by atoms with E-state index >= 15 is 0 Å². The zero-order valence-electron chi connectivity index (χ0n) is 11.2. The summed E-state index contributed by atoms with van der Waals surface area (Å²) in [7, 11) is 0. The van der Waals surface area contributed by atoms with Gasteiger partial charge in [-0.2, -0.15) is 0 Å². The van der Waals surface area contributed by atoms with E-state index in [1.807, 2.05) is 0 Å². The van der Waals surface area contributed by atoms with Gasteiger partial charge in [0, 0.05) is 12.1 Å². The lowest BCUT2D eigenvalue weighted by molar-refractivity contribution is 0.0584. The van der Waals surface area contributed by atoms with Gasteiger partial charge in [-0.25, -0.2) is 9.18 Å². The normalized spacial score (nSPS) is 14.2. The Hall–Kier alpha value is -1.91. The van der Waals surface area contributed by atoms with Crippen LogP contribution in [0.25, 0.3) is 0 Å². The molecule has 2 rings (SSSR count). The van der Waals surface area contributed by atoms with Crippen molar-refractivity contribution in [2.75, 3.05) is 11.4 Å². The lowest BCUT2D eigenvalue weighted by Gasteiger charge is -2.24. The Labute approximate surface area is 111 Å². The summed E-state index contributed by atoms with van der Waals surface area (Å²) in [6.07, 6.45) is 0.373. The minimum atomic E-state index is -0.596. The maximum absolute atomic E-state index is 13.9. The van der Waals surface area contributed by atoms with Crippen LogP contribution in [0.4, 0.5) is 14.9 Å². The van der Waals surface area contributed by atoms with Crippen LogP contribution in [-0.4, -0.2) is 24.5 Å². The molecule has 0 bridgehead atoms. The average Bonchev–Trinajstić information content (AvgIpc) is 2.72. The third-order valence-electron chi connectivity index (χ3n) is 2.87. The molecule has 1 heterocycles. The Morgan fingerprint density at radius 2 is 2.11 bits per heavy atom. The van der Waals surface area contributed by atoms with Crippen LogP contribution in [0.15, 0.2) is 12.1 Å². The Morgan fingerprint density at radius 1 is 1.42 bits per heavy atom. The number of aldehydes is 1. The second-order valence-corrected chi connectivity index (χ2v) is 5.47. The van der Waals surface area contributed by atoms with Crippen molar-refractivity contribution in [1.29, 1.82) is 0 Å². The van der Waals surface area contributed by atoms with Gasteiger partial charge in [0.05, 0.1) is 11.3 Å². The number of carbonyl (C=O) groups excluding carboxylic acids is 2. The Kier molecular flexibility index (Phi) is 3.30. The van der Waals surface area contributed by atoms with E-state index in [4.69, 9.17) is 4.74 Å². The first kappa shape index (κ1) is 13.5. The molecular weight excluding hydrogens is 249 g/mol. The molecule has 0 spiro atoms. The molecule has 0 saturated heterocycles. The minimum Gasteiger partial charge on any atom is -0.443 e. The van der Waals surface area contributed by atoms with Gasteiger partial charge in [0.25, 0.3) is 0 Å². The maximum Gasteiger partial charge on any atom is 0.414 e. The van der Waals surface area contributed by atoms with Crippen LogP contribution < -0.4 is 4.90 Å². The lowest BCUT2D eigenvalue weighted by atomic mass is 10.1. The SMILES string of the molecule is CC(C)(C)OC(=O)N1CCc2c1ccc(C=O)c2F. The van der Waals surface area contributed by atoms with Crippen molar-refractivity contribution < 1.29 is 18.7 Å². The number of benzene rings is 1. The Morgan fingerprint density at radius 3 is 2.68 bits per heavy atom. The van der Waals surface area contributed by atoms with Crippen LogP contribution in [0.3, 0.4) is 0 Å². The van der Waals surface area contributed by atoms with Crippen molar-refractivity contribution in [3.05, 3.63) is 29.1 Å². The fourth-order valence-corrected chi connectivity index (χ4v) is 2.06. The monoisotopic (exact) mass is 265 g/mol. The molecule has 102 valence electrons. The number of ether oxygens (including phenoxy) is 1. The second kappa shape index (κ2) is 4.64. The van der Waals surface area contributed by atoms with Gasteiger partial charge in [-0.3, -0.25) is 9.69 Å². The van der Waals surface area contributed by atoms with Gasteiger partial charge < -0.3 is 4.74 Å². The number of halogens is 1. The maximum atomic E-state index is 13.9. The highest BCUT2D eigenvalue weighted by atomic mass is 19.1. The van der Waals surface area contributed by atoms with Crippen molar-refractivity contribution in [2.24, 2.45) is 0 Å². The van der Waals surface area contributed by atoms with Crippen molar-refractivity contribution in [3.8, 4) is 0 Å². The molecule has 1 aliphatic heterocycles. The summed E-state index contributed by atoms with van der Waals surface area (Å²) in [5, 5.41) is 0. The molecule has 4 nitrogen and oxygen atoms in total. The predicted molar refractivity (Wildman–Crippen MR) is 69.1 cm³/mol. The van der Waals surface area contributed by atoms with Crippen molar-refractivity contribution in [3.63, 3.8) is 0 Å². The summed E-state index contributed by atoms with van der Waals surface area (Å²) in [4.78, 5) is 24.1.